The van der Waals surface area contributed by atoms with Crippen molar-refractivity contribution in [3.63, 3.8) is 0 Å². The van der Waals surface area contributed by atoms with Crippen LogP contribution >= 0.6 is 0 Å². The molecule has 4 aromatic rings. The average Bonchev–Trinajstić information content (AvgIpc) is 3.20. The zero-order chi connectivity index (χ0) is 20.8. The number of amides is 1. The molecule has 2 aromatic heterocycles. The van der Waals surface area contributed by atoms with Gasteiger partial charge >= 0.3 is 0 Å². The number of carbonyl (C=O) groups is 1. The Kier molecular flexibility index (Phi) is 5.54. The number of hydrogen-bond donors (Lipinski definition) is 1. The van der Waals surface area contributed by atoms with E-state index in [0.717, 1.165) is 11.3 Å². The number of nitrogens with zero attached hydrogens (tertiary/aromatic N) is 3. The van der Waals surface area contributed by atoms with E-state index in [1.165, 1.54) is 6.08 Å². The molecule has 1 N–H and O–H groups in total. The van der Waals surface area contributed by atoms with Gasteiger partial charge in [0.25, 0.3) is 0 Å². The molecule has 0 atom stereocenters. The van der Waals surface area contributed by atoms with Gasteiger partial charge in [-0.15, -0.1) is 0 Å². The average molecular weight is 394 g/mol. The van der Waals surface area contributed by atoms with Crippen LogP contribution in [0, 0.1) is 11.3 Å². The third-order valence-electron chi connectivity index (χ3n) is 4.40. The van der Waals surface area contributed by atoms with Gasteiger partial charge in [0.15, 0.2) is 0 Å². The summed E-state index contributed by atoms with van der Waals surface area (Å²) in [6, 6.07) is 22.2. The second-order valence-electron chi connectivity index (χ2n) is 6.54. The summed E-state index contributed by atoms with van der Waals surface area (Å²) < 4.78 is 7.76. The molecule has 0 spiro atoms. The van der Waals surface area contributed by atoms with Crippen molar-refractivity contribution in [1.29, 1.82) is 5.26 Å². The van der Waals surface area contributed by atoms with Gasteiger partial charge in [0, 0.05) is 30.2 Å². The fourth-order valence-corrected chi connectivity index (χ4v) is 2.97. The monoisotopic (exact) mass is 394 g/mol. The fraction of sp³-hybridized carbons (Fsp3) is 0.0417. The van der Waals surface area contributed by atoms with Gasteiger partial charge in [-0.05, 0) is 42.0 Å². The normalized spacial score (nSPS) is 10.8. The molecule has 0 radical (unpaired) electrons. The second-order valence-corrected chi connectivity index (χ2v) is 6.54. The van der Waals surface area contributed by atoms with Gasteiger partial charge in [0.1, 0.15) is 18.0 Å². The first-order valence-electron chi connectivity index (χ1n) is 9.35. The zero-order valence-corrected chi connectivity index (χ0v) is 16.0. The smallest absolute Gasteiger partial charge is 0.248 e. The van der Waals surface area contributed by atoms with Crippen molar-refractivity contribution in [3.8, 4) is 11.8 Å². The van der Waals surface area contributed by atoms with E-state index in [0.29, 0.717) is 29.2 Å². The maximum absolute atomic E-state index is 12.2. The molecule has 2 heterocycles. The molecule has 0 aliphatic heterocycles. The SMILES string of the molecule is N#Cc1ccccc1/C=C/C(=O)Nc1cccc(OCc2cn3ccccc3n2)c1. The molecular weight excluding hydrogens is 376 g/mol. The Morgan fingerprint density at radius 2 is 2.00 bits per heavy atom. The predicted molar refractivity (Wildman–Crippen MR) is 115 cm³/mol. The van der Waals surface area contributed by atoms with Crippen molar-refractivity contribution in [1.82, 2.24) is 9.38 Å². The molecule has 6 nitrogen and oxygen atoms in total. The van der Waals surface area contributed by atoms with E-state index in [9.17, 15) is 4.79 Å². The van der Waals surface area contributed by atoms with Gasteiger partial charge in [0.05, 0.1) is 17.3 Å². The molecule has 0 aliphatic carbocycles. The van der Waals surface area contributed by atoms with Crippen LogP contribution in [-0.4, -0.2) is 15.3 Å². The molecule has 146 valence electrons. The molecule has 0 unspecified atom stereocenters. The minimum atomic E-state index is -0.291. The molecule has 0 saturated heterocycles. The molecule has 0 fully saturated rings. The molecule has 4 rings (SSSR count). The lowest BCUT2D eigenvalue weighted by Gasteiger charge is -2.07. The van der Waals surface area contributed by atoms with Crippen LogP contribution in [0.2, 0.25) is 0 Å². The molecule has 30 heavy (non-hydrogen) atoms. The molecule has 0 saturated carbocycles. The summed E-state index contributed by atoms with van der Waals surface area (Å²) >= 11 is 0. The number of hydrogen-bond acceptors (Lipinski definition) is 4. The van der Waals surface area contributed by atoms with Gasteiger partial charge in [0.2, 0.25) is 5.91 Å². The van der Waals surface area contributed by atoms with Crippen molar-refractivity contribution >= 4 is 23.3 Å². The number of rotatable bonds is 6. The molecule has 2 aromatic carbocycles. The standard InChI is InChI=1S/C24H18N4O2/c25-15-19-7-2-1-6-18(19)11-12-24(29)27-20-8-5-9-22(14-20)30-17-21-16-28-13-4-3-10-23(28)26-21/h1-14,16H,17H2,(H,27,29)/b12-11+. The minimum absolute atomic E-state index is 0.291. The summed E-state index contributed by atoms with van der Waals surface area (Å²) in [6.07, 6.45) is 6.88. The van der Waals surface area contributed by atoms with Crippen molar-refractivity contribution < 1.29 is 9.53 Å². The fourth-order valence-electron chi connectivity index (χ4n) is 2.97. The van der Waals surface area contributed by atoms with Crippen LogP contribution in [-0.2, 0) is 11.4 Å². The van der Waals surface area contributed by atoms with Gasteiger partial charge < -0.3 is 14.5 Å². The van der Waals surface area contributed by atoms with Crippen LogP contribution in [0.4, 0.5) is 5.69 Å². The number of carbonyl (C=O) groups excluding carboxylic acids is 1. The lowest BCUT2D eigenvalue weighted by molar-refractivity contribution is -0.111. The van der Waals surface area contributed by atoms with Gasteiger partial charge in [-0.2, -0.15) is 5.26 Å². The van der Waals surface area contributed by atoms with Gasteiger partial charge in [-0.25, -0.2) is 4.98 Å². The highest BCUT2D eigenvalue weighted by atomic mass is 16.5. The van der Waals surface area contributed by atoms with E-state index in [2.05, 4.69) is 16.4 Å². The predicted octanol–water partition coefficient (Wildman–Crippen LogP) is 4.44. The Morgan fingerprint density at radius 1 is 1.13 bits per heavy atom. The first kappa shape index (κ1) is 19.0. The lowest BCUT2D eigenvalue weighted by atomic mass is 10.1. The maximum Gasteiger partial charge on any atom is 0.248 e. The van der Waals surface area contributed by atoms with Gasteiger partial charge in [-0.3, -0.25) is 4.79 Å². The number of imidazole rings is 1. The summed E-state index contributed by atoms with van der Waals surface area (Å²) in [4.78, 5) is 16.7. The van der Waals surface area contributed by atoms with E-state index < -0.39 is 0 Å². The lowest BCUT2D eigenvalue weighted by Crippen LogP contribution is -2.08. The molecule has 1 amide bonds. The highest BCUT2D eigenvalue weighted by Gasteiger charge is 2.04. The van der Waals surface area contributed by atoms with Gasteiger partial charge in [-0.1, -0.05) is 30.3 Å². The van der Waals surface area contributed by atoms with Crippen LogP contribution in [0.1, 0.15) is 16.8 Å². The minimum Gasteiger partial charge on any atom is -0.487 e. The summed E-state index contributed by atoms with van der Waals surface area (Å²) in [5.74, 6) is 0.337. The van der Waals surface area contributed by atoms with E-state index in [4.69, 9.17) is 10.00 Å². The van der Waals surface area contributed by atoms with Crippen LogP contribution in [0.25, 0.3) is 11.7 Å². The Bertz CT molecular complexity index is 1230. The van der Waals surface area contributed by atoms with Crippen LogP contribution in [0.15, 0.2) is 85.2 Å². The third-order valence-corrected chi connectivity index (χ3v) is 4.40. The van der Waals surface area contributed by atoms with Crippen molar-refractivity contribution in [2.24, 2.45) is 0 Å². The Morgan fingerprint density at radius 3 is 2.87 bits per heavy atom. The highest BCUT2D eigenvalue weighted by molar-refractivity contribution is 6.02. The van der Waals surface area contributed by atoms with Crippen molar-refractivity contribution in [2.45, 2.75) is 6.61 Å². The maximum atomic E-state index is 12.2. The number of benzene rings is 2. The zero-order valence-electron chi connectivity index (χ0n) is 16.0. The number of ether oxygens (including phenoxy) is 1. The molecule has 0 aliphatic rings. The molecule has 0 bridgehead atoms. The number of fused-ring (bicyclic) bond motifs is 1. The summed E-state index contributed by atoms with van der Waals surface area (Å²) in [5.41, 5.74) is 3.51. The Balaban J connectivity index is 1.38. The van der Waals surface area contributed by atoms with E-state index in [1.807, 2.05) is 53.2 Å². The summed E-state index contributed by atoms with van der Waals surface area (Å²) in [5, 5.41) is 11.9. The number of nitriles is 1. The van der Waals surface area contributed by atoms with E-state index >= 15 is 0 Å². The first-order valence-corrected chi connectivity index (χ1v) is 9.35. The number of aromatic nitrogens is 2. The van der Waals surface area contributed by atoms with E-state index in [-0.39, 0.29) is 5.91 Å². The highest BCUT2D eigenvalue weighted by Crippen LogP contribution is 2.19. The number of pyridine rings is 1. The topological polar surface area (TPSA) is 79.4 Å². The van der Waals surface area contributed by atoms with Crippen LogP contribution in [0.3, 0.4) is 0 Å². The Labute approximate surface area is 173 Å². The Hall–Kier alpha value is -4.37. The number of anilines is 1. The molecule has 6 heteroatoms. The van der Waals surface area contributed by atoms with Crippen molar-refractivity contribution in [2.75, 3.05) is 5.32 Å². The number of nitrogens with one attached hydrogen (secondary N) is 1. The second kappa shape index (κ2) is 8.76. The van der Waals surface area contributed by atoms with Crippen molar-refractivity contribution in [3.05, 3.63) is 102 Å². The quantitative estimate of drug-likeness (QED) is 0.491. The summed E-state index contributed by atoms with van der Waals surface area (Å²) in [7, 11) is 0. The largest absolute Gasteiger partial charge is 0.487 e. The third kappa shape index (κ3) is 4.54. The molecular formula is C24H18N4O2. The van der Waals surface area contributed by atoms with E-state index in [1.54, 1.807) is 36.4 Å². The first-order chi connectivity index (χ1) is 14.7. The summed E-state index contributed by atoms with van der Waals surface area (Å²) in [6.45, 7) is 0.323. The van der Waals surface area contributed by atoms with Crippen LogP contribution in [0.5, 0.6) is 5.75 Å². The van der Waals surface area contributed by atoms with Crippen LogP contribution < -0.4 is 10.1 Å².